The SMILES string of the molecule is O=C(O)C(NCc1cccc2cccnc12)C1CC1. The molecule has 1 saturated carbocycles. The maximum Gasteiger partial charge on any atom is 0.320 e. The Morgan fingerprint density at radius 2 is 2.16 bits per heavy atom. The highest BCUT2D eigenvalue weighted by Gasteiger charge is 2.35. The minimum atomic E-state index is -0.754. The fraction of sp³-hybridized carbons (Fsp3) is 0.333. The Labute approximate surface area is 111 Å². The van der Waals surface area contributed by atoms with Crippen molar-refractivity contribution in [2.75, 3.05) is 0 Å². The minimum Gasteiger partial charge on any atom is -0.480 e. The summed E-state index contributed by atoms with van der Waals surface area (Å²) in [5.41, 5.74) is 1.99. The number of benzene rings is 1. The van der Waals surface area contributed by atoms with Gasteiger partial charge in [-0.05, 0) is 30.4 Å². The van der Waals surface area contributed by atoms with Crippen molar-refractivity contribution in [3.63, 3.8) is 0 Å². The number of fused-ring (bicyclic) bond motifs is 1. The molecule has 2 N–H and O–H groups in total. The molecule has 0 radical (unpaired) electrons. The number of carbonyl (C=O) groups is 1. The molecule has 0 saturated heterocycles. The predicted octanol–water partition coefficient (Wildman–Crippen LogP) is 2.19. The summed E-state index contributed by atoms with van der Waals surface area (Å²) in [5.74, 6) is -0.462. The number of rotatable bonds is 5. The van der Waals surface area contributed by atoms with Gasteiger partial charge in [0.15, 0.2) is 0 Å². The van der Waals surface area contributed by atoms with E-state index in [0.717, 1.165) is 29.3 Å². The molecule has 1 unspecified atom stereocenters. The lowest BCUT2D eigenvalue weighted by Gasteiger charge is -2.14. The molecular formula is C15H16N2O2. The molecule has 1 fully saturated rings. The van der Waals surface area contributed by atoms with Gasteiger partial charge >= 0.3 is 5.97 Å². The van der Waals surface area contributed by atoms with Crippen molar-refractivity contribution in [2.45, 2.75) is 25.4 Å². The van der Waals surface area contributed by atoms with E-state index in [-0.39, 0.29) is 0 Å². The van der Waals surface area contributed by atoms with E-state index < -0.39 is 12.0 Å². The first-order valence-corrected chi connectivity index (χ1v) is 6.54. The summed E-state index contributed by atoms with van der Waals surface area (Å²) in [6.45, 7) is 0.543. The van der Waals surface area contributed by atoms with Gasteiger partial charge in [0, 0.05) is 18.1 Å². The lowest BCUT2D eigenvalue weighted by molar-refractivity contribution is -0.140. The van der Waals surface area contributed by atoms with Crippen molar-refractivity contribution >= 4 is 16.9 Å². The van der Waals surface area contributed by atoms with E-state index >= 15 is 0 Å². The molecular weight excluding hydrogens is 240 g/mol. The molecule has 3 rings (SSSR count). The van der Waals surface area contributed by atoms with Crippen molar-refractivity contribution in [1.29, 1.82) is 0 Å². The summed E-state index contributed by atoms with van der Waals surface area (Å²) in [6.07, 6.45) is 3.79. The van der Waals surface area contributed by atoms with Gasteiger partial charge in [0.25, 0.3) is 0 Å². The van der Waals surface area contributed by atoms with Crippen LogP contribution in [-0.4, -0.2) is 22.1 Å². The van der Waals surface area contributed by atoms with E-state index in [4.69, 9.17) is 0 Å². The number of hydrogen-bond acceptors (Lipinski definition) is 3. The Morgan fingerprint density at radius 1 is 1.37 bits per heavy atom. The lowest BCUT2D eigenvalue weighted by Crippen LogP contribution is -2.38. The normalized spacial score (nSPS) is 16.4. The third-order valence-corrected chi connectivity index (χ3v) is 3.59. The van der Waals surface area contributed by atoms with Gasteiger partial charge in [-0.3, -0.25) is 15.1 Å². The van der Waals surface area contributed by atoms with Crippen LogP contribution in [0.4, 0.5) is 0 Å². The third-order valence-electron chi connectivity index (χ3n) is 3.59. The van der Waals surface area contributed by atoms with Crippen LogP contribution in [0.1, 0.15) is 18.4 Å². The molecule has 2 aromatic rings. The summed E-state index contributed by atoms with van der Waals surface area (Å²) in [5, 5.41) is 13.4. The molecule has 0 amide bonds. The van der Waals surface area contributed by atoms with Gasteiger partial charge in [-0.15, -0.1) is 0 Å². The van der Waals surface area contributed by atoms with Gasteiger partial charge in [0.2, 0.25) is 0 Å². The average Bonchev–Trinajstić information content (AvgIpc) is 3.23. The molecule has 0 spiro atoms. The molecule has 0 aliphatic heterocycles. The average molecular weight is 256 g/mol. The smallest absolute Gasteiger partial charge is 0.320 e. The van der Waals surface area contributed by atoms with E-state index in [2.05, 4.69) is 10.3 Å². The number of hydrogen-bond donors (Lipinski definition) is 2. The second-order valence-corrected chi connectivity index (χ2v) is 5.03. The standard InChI is InChI=1S/C15H16N2O2/c18-15(19)14(11-6-7-11)17-9-12-4-1-3-10-5-2-8-16-13(10)12/h1-5,8,11,14,17H,6-7,9H2,(H,18,19). The zero-order valence-electron chi connectivity index (χ0n) is 10.5. The van der Waals surface area contributed by atoms with Crippen molar-refractivity contribution in [2.24, 2.45) is 5.92 Å². The molecule has 1 aliphatic rings. The Kier molecular flexibility index (Phi) is 3.17. The molecule has 19 heavy (non-hydrogen) atoms. The number of carboxylic acid groups (broad SMARTS) is 1. The molecule has 4 heteroatoms. The van der Waals surface area contributed by atoms with E-state index in [1.54, 1.807) is 6.20 Å². The zero-order chi connectivity index (χ0) is 13.2. The van der Waals surface area contributed by atoms with Crippen LogP contribution in [0.25, 0.3) is 10.9 Å². The summed E-state index contributed by atoms with van der Waals surface area (Å²) in [4.78, 5) is 15.6. The molecule has 4 nitrogen and oxygen atoms in total. The van der Waals surface area contributed by atoms with Crippen molar-refractivity contribution in [3.05, 3.63) is 42.1 Å². The highest BCUT2D eigenvalue weighted by atomic mass is 16.4. The number of nitrogens with zero attached hydrogens (tertiary/aromatic N) is 1. The second-order valence-electron chi connectivity index (χ2n) is 5.03. The van der Waals surface area contributed by atoms with E-state index in [9.17, 15) is 9.90 Å². The largest absolute Gasteiger partial charge is 0.480 e. The quantitative estimate of drug-likeness (QED) is 0.860. The summed E-state index contributed by atoms with van der Waals surface area (Å²) in [7, 11) is 0. The number of carboxylic acids is 1. The van der Waals surface area contributed by atoms with Crippen LogP contribution in [0.5, 0.6) is 0 Å². The van der Waals surface area contributed by atoms with Crippen LogP contribution >= 0.6 is 0 Å². The zero-order valence-corrected chi connectivity index (χ0v) is 10.5. The van der Waals surface area contributed by atoms with Crippen LogP contribution in [-0.2, 0) is 11.3 Å². The van der Waals surface area contributed by atoms with Gasteiger partial charge in [0.1, 0.15) is 6.04 Å². The molecule has 1 aromatic heterocycles. The highest BCUT2D eigenvalue weighted by molar-refractivity contribution is 5.81. The molecule has 1 aliphatic carbocycles. The molecule has 0 bridgehead atoms. The molecule has 1 atom stereocenters. The maximum absolute atomic E-state index is 11.2. The van der Waals surface area contributed by atoms with Crippen LogP contribution in [0.3, 0.4) is 0 Å². The van der Waals surface area contributed by atoms with Gasteiger partial charge in [-0.1, -0.05) is 24.3 Å². The monoisotopic (exact) mass is 256 g/mol. The third kappa shape index (κ3) is 2.58. The highest BCUT2D eigenvalue weighted by Crippen LogP contribution is 2.33. The first kappa shape index (κ1) is 12.1. The summed E-state index contributed by atoms with van der Waals surface area (Å²) < 4.78 is 0. The molecule has 1 heterocycles. The van der Waals surface area contributed by atoms with E-state index in [1.165, 1.54) is 0 Å². The number of aliphatic carboxylic acids is 1. The van der Waals surface area contributed by atoms with Crippen molar-refractivity contribution < 1.29 is 9.90 Å². The number of nitrogens with one attached hydrogen (secondary N) is 1. The van der Waals surface area contributed by atoms with Crippen LogP contribution in [0, 0.1) is 5.92 Å². The fourth-order valence-corrected chi connectivity index (χ4v) is 2.42. The van der Waals surface area contributed by atoms with E-state index in [1.807, 2.05) is 30.3 Å². The Morgan fingerprint density at radius 3 is 2.89 bits per heavy atom. The lowest BCUT2D eigenvalue weighted by atomic mass is 10.1. The number of aromatic nitrogens is 1. The Bertz CT molecular complexity index is 603. The topological polar surface area (TPSA) is 62.2 Å². The van der Waals surface area contributed by atoms with Crippen LogP contribution < -0.4 is 5.32 Å². The molecule has 98 valence electrons. The summed E-state index contributed by atoms with van der Waals surface area (Å²) >= 11 is 0. The van der Waals surface area contributed by atoms with Gasteiger partial charge in [0.05, 0.1) is 5.52 Å². The fourth-order valence-electron chi connectivity index (χ4n) is 2.42. The van der Waals surface area contributed by atoms with Crippen LogP contribution in [0.15, 0.2) is 36.5 Å². The predicted molar refractivity (Wildman–Crippen MR) is 72.7 cm³/mol. The van der Waals surface area contributed by atoms with Crippen molar-refractivity contribution in [1.82, 2.24) is 10.3 Å². The van der Waals surface area contributed by atoms with Gasteiger partial charge in [-0.25, -0.2) is 0 Å². The maximum atomic E-state index is 11.2. The van der Waals surface area contributed by atoms with Gasteiger partial charge in [-0.2, -0.15) is 0 Å². The first-order chi connectivity index (χ1) is 9.25. The van der Waals surface area contributed by atoms with E-state index in [0.29, 0.717) is 12.5 Å². The van der Waals surface area contributed by atoms with Gasteiger partial charge < -0.3 is 5.11 Å². The summed E-state index contributed by atoms with van der Waals surface area (Å²) in [6, 6.07) is 9.48. The Hall–Kier alpha value is -1.94. The first-order valence-electron chi connectivity index (χ1n) is 6.54. The van der Waals surface area contributed by atoms with Crippen molar-refractivity contribution in [3.8, 4) is 0 Å². The Balaban J connectivity index is 1.79. The number of para-hydroxylation sites is 1. The molecule has 1 aromatic carbocycles. The van der Waals surface area contributed by atoms with Crippen LogP contribution in [0.2, 0.25) is 0 Å². The second kappa shape index (κ2) is 4.97. The number of pyridine rings is 1. The minimum absolute atomic E-state index is 0.292.